The van der Waals surface area contributed by atoms with Crippen LogP contribution in [0.3, 0.4) is 0 Å². The standard InChI is InChI=1S/C17H12ClFN2OS/c1-10-15(16(22)21-14-8-4-12(18)5-9-14)23-17(20-10)11-2-6-13(19)7-3-11/h2-9H,1H3,(H,21,22). The lowest BCUT2D eigenvalue weighted by molar-refractivity contribution is 0.103. The first kappa shape index (κ1) is 15.6. The molecule has 0 radical (unpaired) electrons. The molecule has 0 spiro atoms. The number of aromatic nitrogens is 1. The summed E-state index contributed by atoms with van der Waals surface area (Å²) in [5, 5.41) is 4.10. The van der Waals surface area contributed by atoms with Crippen LogP contribution in [0.25, 0.3) is 10.6 Å². The predicted molar refractivity (Wildman–Crippen MR) is 91.7 cm³/mol. The van der Waals surface area contributed by atoms with Gasteiger partial charge in [0.1, 0.15) is 15.7 Å². The van der Waals surface area contributed by atoms with Gasteiger partial charge in [-0.25, -0.2) is 9.37 Å². The van der Waals surface area contributed by atoms with E-state index in [2.05, 4.69) is 10.3 Å². The van der Waals surface area contributed by atoms with Crippen LogP contribution in [0.2, 0.25) is 5.02 Å². The smallest absolute Gasteiger partial charge is 0.267 e. The van der Waals surface area contributed by atoms with E-state index < -0.39 is 0 Å². The van der Waals surface area contributed by atoms with E-state index >= 15 is 0 Å². The number of benzene rings is 2. The number of thiazole rings is 1. The molecule has 0 saturated heterocycles. The van der Waals surface area contributed by atoms with Crippen molar-refractivity contribution in [2.45, 2.75) is 6.92 Å². The van der Waals surface area contributed by atoms with Gasteiger partial charge in [0.25, 0.3) is 5.91 Å². The highest BCUT2D eigenvalue weighted by Crippen LogP contribution is 2.28. The number of hydrogen-bond donors (Lipinski definition) is 1. The summed E-state index contributed by atoms with van der Waals surface area (Å²) < 4.78 is 13.0. The van der Waals surface area contributed by atoms with Crippen molar-refractivity contribution >= 4 is 34.5 Å². The molecule has 0 aliphatic carbocycles. The second-order valence-corrected chi connectivity index (χ2v) is 6.34. The Morgan fingerprint density at radius 3 is 2.43 bits per heavy atom. The summed E-state index contributed by atoms with van der Waals surface area (Å²) in [5.41, 5.74) is 2.08. The zero-order valence-electron chi connectivity index (χ0n) is 12.1. The molecule has 116 valence electrons. The first-order valence-corrected chi connectivity index (χ1v) is 8.02. The van der Waals surface area contributed by atoms with Gasteiger partial charge in [0.15, 0.2) is 0 Å². The maximum atomic E-state index is 13.0. The van der Waals surface area contributed by atoms with E-state index in [9.17, 15) is 9.18 Å². The lowest BCUT2D eigenvalue weighted by atomic mass is 10.2. The zero-order chi connectivity index (χ0) is 16.4. The van der Waals surface area contributed by atoms with Gasteiger partial charge in [-0.2, -0.15) is 0 Å². The maximum absolute atomic E-state index is 13.0. The number of aryl methyl sites for hydroxylation is 1. The lowest BCUT2D eigenvalue weighted by Gasteiger charge is -2.03. The zero-order valence-corrected chi connectivity index (χ0v) is 13.7. The van der Waals surface area contributed by atoms with Gasteiger partial charge in [-0.15, -0.1) is 11.3 Å². The fraction of sp³-hybridized carbons (Fsp3) is 0.0588. The number of nitrogens with one attached hydrogen (secondary N) is 1. The summed E-state index contributed by atoms with van der Waals surface area (Å²) in [5.74, 6) is -0.529. The molecule has 6 heteroatoms. The maximum Gasteiger partial charge on any atom is 0.267 e. The summed E-state index contributed by atoms with van der Waals surface area (Å²) >= 11 is 7.10. The van der Waals surface area contributed by atoms with E-state index in [1.54, 1.807) is 43.3 Å². The first-order valence-electron chi connectivity index (χ1n) is 6.83. The topological polar surface area (TPSA) is 42.0 Å². The molecule has 3 nitrogen and oxygen atoms in total. The van der Waals surface area contributed by atoms with Gasteiger partial charge < -0.3 is 5.32 Å². The summed E-state index contributed by atoms with van der Waals surface area (Å²) in [7, 11) is 0. The molecule has 0 aliphatic rings. The normalized spacial score (nSPS) is 10.6. The number of nitrogens with zero attached hydrogens (tertiary/aromatic N) is 1. The van der Waals surface area contributed by atoms with Gasteiger partial charge in [-0.05, 0) is 55.5 Å². The molecule has 3 rings (SSSR count). The second kappa shape index (κ2) is 6.48. The van der Waals surface area contributed by atoms with E-state index in [1.807, 2.05) is 0 Å². The van der Waals surface area contributed by atoms with Gasteiger partial charge in [-0.1, -0.05) is 11.6 Å². The number of carbonyl (C=O) groups is 1. The van der Waals surface area contributed by atoms with Gasteiger partial charge in [0, 0.05) is 16.3 Å². The van der Waals surface area contributed by atoms with Crippen LogP contribution in [0.5, 0.6) is 0 Å². The Morgan fingerprint density at radius 2 is 1.78 bits per heavy atom. The molecule has 1 heterocycles. The average molecular weight is 347 g/mol. The van der Waals surface area contributed by atoms with Crippen LogP contribution in [0, 0.1) is 12.7 Å². The Labute approximate surface area is 141 Å². The highest BCUT2D eigenvalue weighted by molar-refractivity contribution is 7.17. The van der Waals surface area contributed by atoms with Crippen LogP contribution in [0.15, 0.2) is 48.5 Å². The van der Waals surface area contributed by atoms with E-state index in [0.717, 1.165) is 5.56 Å². The molecule has 1 N–H and O–H groups in total. The molecule has 23 heavy (non-hydrogen) atoms. The van der Waals surface area contributed by atoms with Crippen molar-refractivity contribution in [3.05, 3.63) is 69.9 Å². The largest absolute Gasteiger partial charge is 0.321 e. The Hall–Kier alpha value is -2.24. The molecule has 2 aromatic carbocycles. The number of anilines is 1. The molecule has 3 aromatic rings. The highest BCUT2D eigenvalue weighted by Gasteiger charge is 2.16. The van der Waals surface area contributed by atoms with Gasteiger partial charge >= 0.3 is 0 Å². The number of amides is 1. The molecule has 0 fully saturated rings. The molecule has 1 amide bonds. The van der Waals surface area contributed by atoms with Crippen molar-refractivity contribution in [2.24, 2.45) is 0 Å². The lowest BCUT2D eigenvalue weighted by Crippen LogP contribution is -2.11. The minimum absolute atomic E-state index is 0.226. The van der Waals surface area contributed by atoms with Crippen LogP contribution in [0.4, 0.5) is 10.1 Å². The minimum atomic E-state index is -0.303. The Bertz CT molecular complexity index is 844. The third-order valence-electron chi connectivity index (χ3n) is 3.20. The van der Waals surface area contributed by atoms with Gasteiger partial charge in [-0.3, -0.25) is 4.79 Å². The Kier molecular flexibility index (Phi) is 4.41. The SMILES string of the molecule is Cc1nc(-c2ccc(F)cc2)sc1C(=O)Nc1ccc(Cl)cc1. The summed E-state index contributed by atoms with van der Waals surface area (Å²) in [6, 6.07) is 12.9. The predicted octanol–water partition coefficient (Wildman–Crippen LogP) is 5.16. The van der Waals surface area contributed by atoms with Crippen molar-refractivity contribution in [2.75, 3.05) is 5.32 Å². The monoisotopic (exact) mass is 346 g/mol. The molecule has 0 aliphatic heterocycles. The van der Waals surface area contributed by atoms with E-state index in [4.69, 9.17) is 11.6 Å². The van der Waals surface area contributed by atoms with Crippen LogP contribution in [-0.4, -0.2) is 10.9 Å². The van der Waals surface area contributed by atoms with Gasteiger partial charge in [0.05, 0.1) is 5.69 Å². The summed E-state index contributed by atoms with van der Waals surface area (Å²) in [6.45, 7) is 1.78. The molecule has 0 atom stereocenters. The number of carbonyl (C=O) groups excluding carboxylic acids is 1. The summed E-state index contributed by atoms with van der Waals surface area (Å²) in [4.78, 5) is 17.3. The van der Waals surface area contributed by atoms with Crippen LogP contribution in [-0.2, 0) is 0 Å². The number of halogens is 2. The van der Waals surface area contributed by atoms with Crippen LogP contribution < -0.4 is 5.32 Å². The van der Waals surface area contributed by atoms with Crippen molar-refractivity contribution in [3.8, 4) is 10.6 Å². The molecular weight excluding hydrogens is 335 g/mol. The van der Waals surface area contributed by atoms with E-state index in [1.165, 1.54) is 23.5 Å². The Morgan fingerprint density at radius 1 is 1.13 bits per heavy atom. The van der Waals surface area contributed by atoms with E-state index in [-0.39, 0.29) is 11.7 Å². The fourth-order valence-corrected chi connectivity index (χ4v) is 3.14. The third-order valence-corrected chi connectivity index (χ3v) is 4.65. The summed E-state index contributed by atoms with van der Waals surface area (Å²) in [6.07, 6.45) is 0. The third kappa shape index (κ3) is 3.57. The highest BCUT2D eigenvalue weighted by atomic mass is 35.5. The molecule has 0 saturated carbocycles. The molecule has 0 unspecified atom stereocenters. The number of hydrogen-bond acceptors (Lipinski definition) is 3. The number of rotatable bonds is 3. The quantitative estimate of drug-likeness (QED) is 0.711. The fourth-order valence-electron chi connectivity index (χ4n) is 2.04. The van der Waals surface area contributed by atoms with Crippen molar-refractivity contribution in [1.82, 2.24) is 4.98 Å². The van der Waals surface area contributed by atoms with Crippen LogP contribution >= 0.6 is 22.9 Å². The Balaban J connectivity index is 1.84. The van der Waals surface area contributed by atoms with Crippen molar-refractivity contribution < 1.29 is 9.18 Å². The molecule has 0 bridgehead atoms. The average Bonchev–Trinajstić information content (AvgIpc) is 2.92. The second-order valence-electron chi connectivity index (χ2n) is 4.90. The van der Waals surface area contributed by atoms with Crippen molar-refractivity contribution in [1.29, 1.82) is 0 Å². The van der Waals surface area contributed by atoms with Gasteiger partial charge in [0.2, 0.25) is 0 Å². The molecule has 1 aromatic heterocycles. The minimum Gasteiger partial charge on any atom is -0.321 e. The van der Waals surface area contributed by atoms with E-state index in [0.29, 0.717) is 26.3 Å². The van der Waals surface area contributed by atoms with Crippen molar-refractivity contribution in [3.63, 3.8) is 0 Å². The van der Waals surface area contributed by atoms with Crippen LogP contribution in [0.1, 0.15) is 15.4 Å². The first-order chi connectivity index (χ1) is 11.0. The molecular formula is C17H12ClFN2OS.